The van der Waals surface area contributed by atoms with Gasteiger partial charge in [0, 0.05) is 12.8 Å². The van der Waals surface area contributed by atoms with Gasteiger partial charge in [-0.2, -0.15) is 0 Å². The molecule has 0 aromatic heterocycles. The van der Waals surface area contributed by atoms with Crippen LogP contribution < -0.4 is 9.47 Å². The van der Waals surface area contributed by atoms with E-state index in [1.165, 1.54) is 0 Å². The maximum Gasteiger partial charge on any atom is 0.338 e. The summed E-state index contributed by atoms with van der Waals surface area (Å²) in [5.41, 5.74) is -3.25. The molecule has 1 aliphatic carbocycles. The molecular weight excluding hydrogens is 500 g/mol. The molecule has 0 bridgehead atoms. The van der Waals surface area contributed by atoms with Crippen molar-refractivity contribution < 1.29 is 69.1 Å². The Morgan fingerprint density at radius 2 is 1.27 bits per heavy atom. The van der Waals surface area contributed by atoms with Gasteiger partial charge in [0.15, 0.2) is 34.7 Å². The predicted octanol–water partition coefficient (Wildman–Crippen LogP) is 0.248. The summed E-state index contributed by atoms with van der Waals surface area (Å²) in [4.78, 5) is 37.2. The quantitative estimate of drug-likeness (QED) is 0.190. The Bertz CT molecular complexity index is 1220. The molecular formula is C23H24O14. The van der Waals surface area contributed by atoms with Crippen LogP contribution in [-0.2, 0) is 14.3 Å². The highest BCUT2D eigenvalue weighted by atomic mass is 16.6. The highest BCUT2D eigenvalue weighted by Crippen LogP contribution is 2.39. The molecule has 3 rings (SSSR count). The maximum atomic E-state index is 12.8. The van der Waals surface area contributed by atoms with E-state index in [1.807, 2.05) is 0 Å². The van der Waals surface area contributed by atoms with Gasteiger partial charge in [-0.15, -0.1) is 0 Å². The molecule has 0 amide bonds. The van der Waals surface area contributed by atoms with E-state index in [4.69, 9.17) is 18.9 Å². The third-order valence-corrected chi connectivity index (χ3v) is 5.75. The normalized spacial score (nSPS) is 23.1. The third kappa shape index (κ3) is 5.39. The first-order valence-electron chi connectivity index (χ1n) is 10.6. The Morgan fingerprint density at radius 1 is 0.811 bits per heavy atom. The van der Waals surface area contributed by atoms with Gasteiger partial charge < -0.3 is 54.7 Å². The van der Waals surface area contributed by atoms with Crippen LogP contribution in [0.1, 0.15) is 33.6 Å². The van der Waals surface area contributed by atoms with Crippen LogP contribution in [-0.4, -0.2) is 91.8 Å². The monoisotopic (exact) mass is 524 g/mol. The number of aliphatic hydroxyl groups is 2. The SMILES string of the molecule is COc1cc(C(=O)O[C@H]2[C@H](O)C[C@](O)(C(=O)O)C[C@H]2OC(=O)c2cc(O)c(O)c(OC)c2)cc(O)c1O. The molecule has 4 atom stereocenters. The second-order valence-electron chi connectivity index (χ2n) is 8.22. The number of methoxy groups -OCH3 is 2. The number of carboxylic acids is 1. The zero-order valence-corrected chi connectivity index (χ0v) is 19.4. The second-order valence-corrected chi connectivity index (χ2v) is 8.22. The highest BCUT2D eigenvalue weighted by molar-refractivity contribution is 5.92. The van der Waals surface area contributed by atoms with Crippen LogP contribution in [0.5, 0.6) is 34.5 Å². The molecule has 2 aromatic carbocycles. The number of aliphatic carboxylic acids is 1. The Kier molecular flexibility index (Phi) is 7.55. The number of phenolic OH excluding ortho intramolecular Hbond substituents is 4. The Hall–Kier alpha value is -4.43. The third-order valence-electron chi connectivity index (χ3n) is 5.75. The maximum absolute atomic E-state index is 12.8. The molecule has 1 aliphatic rings. The van der Waals surface area contributed by atoms with Crippen molar-refractivity contribution in [1.82, 2.24) is 0 Å². The summed E-state index contributed by atoms with van der Waals surface area (Å²) >= 11 is 0. The first-order valence-corrected chi connectivity index (χ1v) is 10.6. The fraction of sp³-hybridized carbons (Fsp3) is 0.348. The number of aliphatic hydroxyl groups excluding tert-OH is 1. The molecule has 0 spiro atoms. The van der Waals surface area contributed by atoms with Crippen LogP contribution in [0.25, 0.3) is 0 Å². The van der Waals surface area contributed by atoms with Gasteiger partial charge in [-0.1, -0.05) is 0 Å². The number of hydrogen-bond acceptors (Lipinski definition) is 13. The molecule has 7 N–H and O–H groups in total. The molecule has 0 saturated heterocycles. The van der Waals surface area contributed by atoms with E-state index < -0.39 is 77.7 Å². The van der Waals surface area contributed by atoms with E-state index in [2.05, 4.69) is 0 Å². The number of carbonyl (C=O) groups excluding carboxylic acids is 2. The number of ether oxygens (including phenoxy) is 4. The highest BCUT2D eigenvalue weighted by Gasteiger charge is 2.52. The molecule has 2 aromatic rings. The number of benzene rings is 2. The number of hydrogen-bond donors (Lipinski definition) is 7. The molecule has 200 valence electrons. The summed E-state index contributed by atoms with van der Waals surface area (Å²) in [5.74, 6) is -7.44. The standard InChI is InChI=1S/C23H24O14/c1-34-14-5-9(3-11(24)17(14)27)20(29)36-16-8-23(33,22(31)32)7-13(26)19(16)37-21(30)10-4-12(25)18(28)15(6-10)35-2/h3-6,13,16,19,24-28,33H,7-8H2,1-2H3,(H,31,32)/t13-,16-,19+,23-/m1/s1. The minimum absolute atomic E-state index is 0.277. The van der Waals surface area contributed by atoms with Crippen LogP contribution in [0, 0.1) is 0 Å². The average Bonchev–Trinajstić information content (AvgIpc) is 2.84. The van der Waals surface area contributed by atoms with Gasteiger partial charge in [-0.05, 0) is 24.3 Å². The predicted molar refractivity (Wildman–Crippen MR) is 119 cm³/mol. The zero-order valence-electron chi connectivity index (χ0n) is 19.4. The van der Waals surface area contributed by atoms with Crippen LogP contribution in [0.3, 0.4) is 0 Å². The molecule has 14 heteroatoms. The van der Waals surface area contributed by atoms with Crippen molar-refractivity contribution in [3.8, 4) is 34.5 Å². The first kappa shape index (κ1) is 27.2. The number of carboxylic acid groups (broad SMARTS) is 1. The van der Waals surface area contributed by atoms with Crippen molar-refractivity contribution in [3.05, 3.63) is 35.4 Å². The van der Waals surface area contributed by atoms with Gasteiger partial charge >= 0.3 is 17.9 Å². The van der Waals surface area contributed by atoms with Gasteiger partial charge in [0.2, 0.25) is 11.5 Å². The van der Waals surface area contributed by atoms with Crippen molar-refractivity contribution in [3.63, 3.8) is 0 Å². The molecule has 0 aliphatic heterocycles. The van der Waals surface area contributed by atoms with Crippen LogP contribution in [0.2, 0.25) is 0 Å². The lowest BCUT2D eigenvalue weighted by Crippen LogP contribution is -2.58. The van der Waals surface area contributed by atoms with E-state index in [0.717, 1.165) is 38.5 Å². The lowest BCUT2D eigenvalue weighted by molar-refractivity contribution is -0.187. The van der Waals surface area contributed by atoms with Crippen LogP contribution >= 0.6 is 0 Å². The molecule has 0 radical (unpaired) electrons. The van der Waals surface area contributed by atoms with Crippen molar-refractivity contribution in [2.45, 2.75) is 36.8 Å². The fourth-order valence-corrected chi connectivity index (χ4v) is 3.81. The van der Waals surface area contributed by atoms with Crippen molar-refractivity contribution >= 4 is 17.9 Å². The number of carbonyl (C=O) groups is 3. The fourth-order valence-electron chi connectivity index (χ4n) is 3.81. The molecule has 0 heterocycles. The summed E-state index contributed by atoms with van der Waals surface area (Å²) in [7, 11) is 2.31. The first-order chi connectivity index (χ1) is 17.3. The number of rotatable bonds is 7. The largest absolute Gasteiger partial charge is 0.504 e. The van der Waals surface area contributed by atoms with Crippen molar-refractivity contribution in [2.75, 3.05) is 14.2 Å². The molecule has 37 heavy (non-hydrogen) atoms. The van der Waals surface area contributed by atoms with Crippen LogP contribution in [0.15, 0.2) is 24.3 Å². The minimum Gasteiger partial charge on any atom is -0.504 e. The lowest BCUT2D eigenvalue weighted by atomic mass is 9.79. The summed E-state index contributed by atoms with van der Waals surface area (Å²) in [5, 5.41) is 69.6. The molecule has 0 unspecified atom stereocenters. The molecule has 1 fully saturated rings. The van der Waals surface area contributed by atoms with E-state index in [1.54, 1.807) is 0 Å². The number of esters is 2. The minimum atomic E-state index is -2.55. The Morgan fingerprint density at radius 3 is 1.70 bits per heavy atom. The Balaban J connectivity index is 1.93. The van der Waals surface area contributed by atoms with Gasteiger partial charge in [-0.25, -0.2) is 14.4 Å². The summed E-state index contributed by atoms with van der Waals surface area (Å²) in [6, 6.07) is 3.70. The number of phenols is 4. The summed E-state index contributed by atoms with van der Waals surface area (Å²) in [6.45, 7) is 0. The van der Waals surface area contributed by atoms with Crippen molar-refractivity contribution in [2.24, 2.45) is 0 Å². The van der Waals surface area contributed by atoms with Crippen molar-refractivity contribution in [1.29, 1.82) is 0 Å². The lowest BCUT2D eigenvalue weighted by Gasteiger charge is -2.40. The van der Waals surface area contributed by atoms with E-state index in [9.17, 15) is 50.1 Å². The molecule has 1 saturated carbocycles. The summed E-state index contributed by atoms with van der Waals surface area (Å²) in [6.07, 6.45) is -6.81. The van der Waals surface area contributed by atoms with Gasteiger partial charge in [-0.3, -0.25) is 0 Å². The zero-order chi connectivity index (χ0) is 27.7. The van der Waals surface area contributed by atoms with Gasteiger partial charge in [0.25, 0.3) is 0 Å². The van der Waals surface area contributed by atoms with E-state index in [-0.39, 0.29) is 22.6 Å². The smallest absolute Gasteiger partial charge is 0.338 e. The Labute approximate surface area is 208 Å². The summed E-state index contributed by atoms with van der Waals surface area (Å²) < 4.78 is 20.2. The van der Waals surface area contributed by atoms with E-state index >= 15 is 0 Å². The van der Waals surface area contributed by atoms with E-state index in [0.29, 0.717) is 0 Å². The molecule has 14 nitrogen and oxygen atoms in total. The van der Waals surface area contributed by atoms with Gasteiger partial charge in [0.1, 0.15) is 6.10 Å². The second kappa shape index (κ2) is 10.3. The number of aromatic hydroxyl groups is 4. The van der Waals surface area contributed by atoms with Gasteiger partial charge in [0.05, 0.1) is 31.5 Å². The van der Waals surface area contributed by atoms with Crippen LogP contribution in [0.4, 0.5) is 0 Å². The average molecular weight is 524 g/mol. The topological polar surface area (TPSA) is 230 Å².